The molecule has 5 nitrogen and oxygen atoms in total. The van der Waals surface area contributed by atoms with Gasteiger partial charge >= 0.3 is 5.97 Å². The Bertz CT molecular complexity index is 375. The predicted molar refractivity (Wildman–Crippen MR) is 46.5 cm³/mol. The van der Waals surface area contributed by atoms with Gasteiger partial charge in [-0.2, -0.15) is 0 Å². The summed E-state index contributed by atoms with van der Waals surface area (Å²) in [6.07, 6.45) is 0.110. The molecule has 0 radical (unpaired) electrons. The van der Waals surface area contributed by atoms with Crippen molar-refractivity contribution < 1.29 is 9.53 Å². The summed E-state index contributed by atoms with van der Waals surface area (Å²) in [5.74, 6) is -0.357. The van der Waals surface area contributed by atoms with Crippen molar-refractivity contribution in [1.82, 2.24) is 9.78 Å². The summed E-state index contributed by atoms with van der Waals surface area (Å²) < 4.78 is 5.83. The molecule has 0 saturated carbocycles. The average Bonchev–Trinajstić information content (AvgIpc) is 2.34. The van der Waals surface area contributed by atoms with Crippen LogP contribution in [-0.4, -0.2) is 22.9 Å². The summed E-state index contributed by atoms with van der Waals surface area (Å²) in [5.41, 5.74) is 1.06. The third-order valence-electron chi connectivity index (χ3n) is 1.93. The van der Waals surface area contributed by atoms with E-state index in [1.807, 2.05) is 0 Å². The van der Waals surface area contributed by atoms with Gasteiger partial charge < -0.3 is 4.74 Å². The molecule has 13 heavy (non-hydrogen) atoms. The van der Waals surface area contributed by atoms with Crippen LogP contribution in [0.3, 0.4) is 0 Å². The van der Waals surface area contributed by atoms with E-state index in [9.17, 15) is 9.59 Å². The number of methoxy groups -OCH3 is 1. The Hall–Kier alpha value is -1.52. The molecule has 0 unspecified atom stereocenters. The zero-order valence-corrected chi connectivity index (χ0v) is 7.88. The zero-order valence-electron chi connectivity index (χ0n) is 7.88. The smallest absolute Gasteiger partial charge is 0.311 e. The molecule has 0 aliphatic carbocycles. The number of nitrogens with one attached hydrogen (secondary N) is 1. The van der Waals surface area contributed by atoms with E-state index in [1.54, 1.807) is 14.0 Å². The van der Waals surface area contributed by atoms with Crippen molar-refractivity contribution in [1.29, 1.82) is 0 Å². The van der Waals surface area contributed by atoms with E-state index in [0.29, 0.717) is 11.3 Å². The van der Waals surface area contributed by atoms with Crippen LogP contribution < -0.4 is 5.56 Å². The monoisotopic (exact) mass is 184 g/mol. The molecule has 0 atom stereocenters. The quantitative estimate of drug-likeness (QED) is 0.644. The molecule has 0 aliphatic heterocycles. The van der Waals surface area contributed by atoms with Crippen molar-refractivity contribution in [3.63, 3.8) is 0 Å². The van der Waals surface area contributed by atoms with Gasteiger partial charge in [0.2, 0.25) is 0 Å². The molecule has 0 aliphatic rings. The molecule has 1 aromatic heterocycles. The topological polar surface area (TPSA) is 64.1 Å². The normalized spacial score (nSPS) is 10.1. The number of aromatic nitrogens is 2. The summed E-state index contributed by atoms with van der Waals surface area (Å²) in [5, 5.41) is 2.78. The van der Waals surface area contributed by atoms with Crippen LogP contribution in [-0.2, 0) is 23.0 Å². The van der Waals surface area contributed by atoms with Crippen molar-refractivity contribution in [3.8, 4) is 0 Å². The fourth-order valence-corrected chi connectivity index (χ4v) is 1.11. The van der Waals surface area contributed by atoms with Crippen molar-refractivity contribution in [2.75, 3.05) is 7.11 Å². The van der Waals surface area contributed by atoms with Gasteiger partial charge in [-0.15, -0.1) is 0 Å². The van der Waals surface area contributed by atoms with Crippen LogP contribution >= 0.6 is 0 Å². The third-order valence-corrected chi connectivity index (χ3v) is 1.93. The number of carbonyl (C=O) groups excluding carboxylic acids is 1. The van der Waals surface area contributed by atoms with Crippen LogP contribution in [0.5, 0.6) is 0 Å². The van der Waals surface area contributed by atoms with Gasteiger partial charge in [-0.05, 0) is 6.92 Å². The minimum Gasteiger partial charge on any atom is -0.469 e. The zero-order chi connectivity index (χ0) is 10.0. The average molecular weight is 184 g/mol. The number of hydrogen-bond donors (Lipinski definition) is 1. The molecule has 72 valence electrons. The maximum Gasteiger partial charge on any atom is 0.311 e. The van der Waals surface area contributed by atoms with Crippen LogP contribution in [0, 0.1) is 6.92 Å². The van der Waals surface area contributed by atoms with E-state index in [-0.39, 0.29) is 17.9 Å². The molecule has 5 heteroatoms. The van der Waals surface area contributed by atoms with Crippen LogP contribution in [0.1, 0.15) is 11.3 Å². The van der Waals surface area contributed by atoms with Gasteiger partial charge in [0.25, 0.3) is 5.56 Å². The van der Waals surface area contributed by atoms with Gasteiger partial charge in [-0.1, -0.05) is 0 Å². The highest BCUT2D eigenvalue weighted by atomic mass is 16.5. The van der Waals surface area contributed by atoms with Crippen molar-refractivity contribution in [2.45, 2.75) is 13.3 Å². The SMILES string of the molecule is COC(=O)Cc1[nH]n(C)c(=O)c1C. The number of H-pyrrole nitrogens is 1. The van der Waals surface area contributed by atoms with E-state index >= 15 is 0 Å². The molecule has 0 amide bonds. The standard InChI is InChI=1S/C8H12N2O3/c1-5-6(4-7(11)13-3)9-10(2)8(5)12/h9H,4H2,1-3H3. The second kappa shape index (κ2) is 3.47. The number of aryl methyl sites for hydroxylation is 1. The van der Waals surface area contributed by atoms with Gasteiger partial charge in [0.15, 0.2) is 0 Å². The Morgan fingerprint density at radius 1 is 1.62 bits per heavy atom. The molecule has 1 rings (SSSR count). The molecule has 0 bridgehead atoms. The van der Waals surface area contributed by atoms with Gasteiger partial charge in [-0.25, -0.2) is 0 Å². The van der Waals surface area contributed by atoms with Crippen molar-refractivity contribution in [3.05, 3.63) is 21.6 Å². The lowest BCUT2D eigenvalue weighted by Gasteiger charge is -1.96. The Balaban J connectivity index is 2.96. The fourth-order valence-electron chi connectivity index (χ4n) is 1.11. The molecule has 1 heterocycles. The number of nitrogens with zero attached hydrogens (tertiary/aromatic N) is 1. The first kappa shape index (κ1) is 9.57. The van der Waals surface area contributed by atoms with Crippen molar-refractivity contribution in [2.24, 2.45) is 7.05 Å². The van der Waals surface area contributed by atoms with E-state index in [2.05, 4.69) is 9.84 Å². The van der Waals surface area contributed by atoms with E-state index in [4.69, 9.17) is 0 Å². The van der Waals surface area contributed by atoms with Crippen LogP contribution in [0.2, 0.25) is 0 Å². The molecular formula is C8H12N2O3. The molecule has 0 fully saturated rings. The lowest BCUT2D eigenvalue weighted by atomic mass is 10.2. The maximum absolute atomic E-state index is 11.2. The minimum atomic E-state index is -0.357. The maximum atomic E-state index is 11.2. The Morgan fingerprint density at radius 2 is 2.23 bits per heavy atom. The molecule has 0 aromatic carbocycles. The van der Waals surface area contributed by atoms with E-state index < -0.39 is 0 Å². The highest BCUT2D eigenvalue weighted by molar-refractivity contribution is 5.72. The number of carbonyl (C=O) groups is 1. The number of ether oxygens (including phenoxy) is 1. The van der Waals surface area contributed by atoms with Gasteiger partial charge in [0, 0.05) is 12.6 Å². The minimum absolute atomic E-state index is 0.110. The Morgan fingerprint density at radius 3 is 2.62 bits per heavy atom. The Kier molecular flexibility index (Phi) is 2.55. The first-order valence-electron chi connectivity index (χ1n) is 3.87. The predicted octanol–water partition coefficient (Wildman–Crippen LogP) is -0.263. The van der Waals surface area contributed by atoms with Gasteiger partial charge in [0.1, 0.15) is 0 Å². The third kappa shape index (κ3) is 1.80. The molecule has 0 saturated heterocycles. The molecule has 0 spiro atoms. The van der Waals surface area contributed by atoms with Crippen LogP contribution in [0.4, 0.5) is 0 Å². The second-order valence-corrected chi connectivity index (χ2v) is 2.83. The highest BCUT2D eigenvalue weighted by Gasteiger charge is 2.11. The summed E-state index contributed by atoms with van der Waals surface area (Å²) in [7, 11) is 2.93. The lowest BCUT2D eigenvalue weighted by molar-refractivity contribution is -0.139. The lowest BCUT2D eigenvalue weighted by Crippen LogP contribution is -2.13. The van der Waals surface area contributed by atoms with Crippen molar-refractivity contribution >= 4 is 5.97 Å². The number of rotatable bonds is 2. The first-order chi connectivity index (χ1) is 6.06. The van der Waals surface area contributed by atoms with Crippen LogP contribution in [0.15, 0.2) is 4.79 Å². The van der Waals surface area contributed by atoms with E-state index in [0.717, 1.165) is 0 Å². The largest absolute Gasteiger partial charge is 0.469 e. The number of aromatic amines is 1. The summed E-state index contributed by atoms with van der Waals surface area (Å²) in [6.45, 7) is 1.68. The molecule has 1 N–H and O–H groups in total. The van der Waals surface area contributed by atoms with Crippen LogP contribution in [0.25, 0.3) is 0 Å². The van der Waals surface area contributed by atoms with Gasteiger partial charge in [-0.3, -0.25) is 19.4 Å². The molecular weight excluding hydrogens is 172 g/mol. The van der Waals surface area contributed by atoms with E-state index in [1.165, 1.54) is 11.8 Å². The highest BCUT2D eigenvalue weighted by Crippen LogP contribution is 2.00. The number of esters is 1. The summed E-state index contributed by atoms with van der Waals surface area (Å²) in [6, 6.07) is 0. The second-order valence-electron chi connectivity index (χ2n) is 2.83. The summed E-state index contributed by atoms with van der Waals surface area (Å²) >= 11 is 0. The van der Waals surface area contributed by atoms with Gasteiger partial charge in [0.05, 0.1) is 19.2 Å². The molecule has 1 aromatic rings. The number of hydrogen-bond acceptors (Lipinski definition) is 3. The first-order valence-corrected chi connectivity index (χ1v) is 3.87. The summed E-state index contributed by atoms with van der Waals surface area (Å²) in [4.78, 5) is 22.1. The Labute approximate surface area is 75.3 Å². The fraction of sp³-hybridized carbons (Fsp3) is 0.500.